The quantitative estimate of drug-likeness (QED) is 0.478. The van der Waals surface area contributed by atoms with Crippen molar-refractivity contribution in [2.75, 3.05) is 13.2 Å². The Kier molecular flexibility index (Phi) is 8.74. The summed E-state index contributed by atoms with van der Waals surface area (Å²) in [6.07, 6.45) is -0.303. The van der Waals surface area contributed by atoms with E-state index in [4.69, 9.17) is 14.2 Å². The van der Waals surface area contributed by atoms with Crippen LogP contribution in [0.25, 0.3) is 0 Å². The van der Waals surface area contributed by atoms with Gasteiger partial charge in [0.25, 0.3) is 0 Å². The van der Waals surface area contributed by atoms with Crippen LogP contribution >= 0.6 is 0 Å². The molecule has 0 fully saturated rings. The highest BCUT2D eigenvalue weighted by molar-refractivity contribution is 5.78. The van der Waals surface area contributed by atoms with Crippen LogP contribution in [-0.4, -0.2) is 41.5 Å². The number of hydrogen-bond donors (Lipinski definition) is 2. The minimum atomic E-state index is -1.42. The summed E-state index contributed by atoms with van der Waals surface area (Å²) in [5.41, 5.74) is 0.000108. The first-order valence-electron chi connectivity index (χ1n) is 11.1. The van der Waals surface area contributed by atoms with Crippen molar-refractivity contribution in [2.24, 2.45) is 0 Å². The fraction of sp³-hybridized carbons (Fsp3) is 0.462. The molecule has 1 amide bonds. The SMILES string of the molecule is CC(C)c1ccc(OC(C)(Cc2ccc(OCCNC(=O)OC(C)(C)C)cc2)C(=O)O)cc1. The third kappa shape index (κ3) is 8.67. The van der Waals surface area contributed by atoms with E-state index in [1.165, 1.54) is 0 Å². The Labute approximate surface area is 196 Å². The smallest absolute Gasteiger partial charge is 0.407 e. The molecule has 0 aromatic heterocycles. The summed E-state index contributed by atoms with van der Waals surface area (Å²) in [6, 6.07) is 14.7. The fourth-order valence-corrected chi connectivity index (χ4v) is 3.07. The second kappa shape index (κ2) is 11.1. The largest absolute Gasteiger partial charge is 0.492 e. The highest BCUT2D eigenvalue weighted by Crippen LogP contribution is 2.26. The zero-order valence-electron chi connectivity index (χ0n) is 20.3. The lowest BCUT2D eigenvalue weighted by molar-refractivity contribution is -0.153. The van der Waals surface area contributed by atoms with Gasteiger partial charge >= 0.3 is 12.1 Å². The predicted octanol–water partition coefficient (Wildman–Crippen LogP) is 5.18. The Balaban J connectivity index is 1.91. The third-order valence-corrected chi connectivity index (χ3v) is 4.85. The standard InChI is InChI=1S/C26H35NO6/c1-18(2)20-9-13-22(14-10-20)32-26(6,23(28)29)17-19-7-11-21(12-8-19)31-16-15-27-24(30)33-25(3,4)5/h7-14,18H,15-17H2,1-6H3,(H,27,30)(H,28,29). The van der Waals surface area contributed by atoms with Crippen LogP contribution in [0.2, 0.25) is 0 Å². The maximum absolute atomic E-state index is 12.0. The first-order valence-corrected chi connectivity index (χ1v) is 11.1. The molecular weight excluding hydrogens is 422 g/mol. The van der Waals surface area contributed by atoms with Crippen LogP contribution in [-0.2, 0) is 16.0 Å². The number of amides is 1. The first kappa shape index (κ1) is 26.0. The van der Waals surface area contributed by atoms with E-state index in [0.717, 1.165) is 11.1 Å². The summed E-state index contributed by atoms with van der Waals surface area (Å²) in [5.74, 6) is 0.483. The van der Waals surface area contributed by atoms with Gasteiger partial charge in [-0.1, -0.05) is 38.1 Å². The van der Waals surface area contributed by atoms with E-state index in [-0.39, 0.29) is 13.0 Å². The fourth-order valence-electron chi connectivity index (χ4n) is 3.07. The number of ether oxygens (including phenoxy) is 3. The van der Waals surface area contributed by atoms with Crippen LogP contribution in [0.5, 0.6) is 11.5 Å². The summed E-state index contributed by atoms with van der Waals surface area (Å²) in [7, 11) is 0. The van der Waals surface area contributed by atoms with Crippen molar-refractivity contribution < 1.29 is 28.9 Å². The van der Waals surface area contributed by atoms with Crippen LogP contribution in [0.4, 0.5) is 4.79 Å². The van der Waals surface area contributed by atoms with Crippen LogP contribution in [0.3, 0.4) is 0 Å². The van der Waals surface area contributed by atoms with E-state index in [2.05, 4.69) is 19.2 Å². The molecule has 2 aromatic rings. The number of hydrogen-bond acceptors (Lipinski definition) is 5. The zero-order valence-corrected chi connectivity index (χ0v) is 20.3. The van der Waals surface area contributed by atoms with Crippen molar-refractivity contribution >= 4 is 12.1 Å². The molecule has 0 saturated carbocycles. The number of rotatable bonds is 10. The van der Waals surface area contributed by atoms with Gasteiger partial charge in [-0.3, -0.25) is 0 Å². The average molecular weight is 458 g/mol. The highest BCUT2D eigenvalue weighted by atomic mass is 16.6. The van der Waals surface area contributed by atoms with Gasteiger partial charge < -0.3 is 24.6 Å². The Morgan fingerprint density at radius 2 is 1.52 bits per heavy atom. The number of alkyl carbamates (subject to hydrolysis) is 1. The summed E-state index contributed by atoms with van der Waals surface area (Å²) in [4.78, 5) is 23.6. The van der Waals surface area contributed by atoms with E-state index in [1.807, 2.05) is 24.3 Å². The van der Waals surface area contributed by atoms with Gasteiger partial charge in [0.2, 0.25) is 5.60 Å². The van der Waals surface area contributed by atoms with Crippen molar-refractivity contribution in [2.45, 2.75) is 65.1 Å². The zero-order chi connectivity index (χ0) is 24.6. The van der Waals surface area contributed by atoms with Crippen LogP contribution in [0.15, 0.2) is 48.5 Å². The van der Waals surface area contributed by atoms with Gasteiger partial charge in [-0.05, 0) is 69.0 Å². The molecule has 7 nitrogen and oxygen atoms in total. The molecule has 0 saturated heterocycles. The average Bonchev–Trinajstić information content (AvgIpc) is 2.71. The van der Waals surface area contributed by atoms with E-state index >= 15 is 0 Å². The van der Waals surface area contributed by atoms with Crippen LogP contribution in [0.1, 0.15) is 58.6 Å². The second-order valence-corrected chi connectivity index (χ2v) is 9.46. The van der Waals surface area contributed by atoms with Crippen molar-refractivity contribution in [1.29, 1.82) is 0 Å². The molecule has 0 spiro atoms. The maximum atomic E-state index is 12.0. The van der Waals surface area contributed by atoms with Crippen LogP contribution in [0, 0.1) is 0 Å². The van der Waals surface area contributed by atoms with Crippen LogP contribution < -0.4 is 14.8 Å². The molecule has 2 N–H and O–H groups in total. The molecule has 2 aromatic carbocycles. The van der Waals surface area contributed by atoms with Crippen molar-refractivity contribution in [3.05, 3.63) is 59.7 Å². The van der Waals surface area contributed by atoms with Gasteiger partial charge in [-0.2, -0.15) is 0 Å². The molecule has 7 heteroatoms. The molecule has 1 atom stereocenters. The van der Waals surface area contributed by atoms with Crippen molar-refractivity contribution in [3.8, 4) is 11.5 Å². The summed E-state index contributed by atoms with van der Waals surface area (Å²) in [6.45, 7) is 11.7. The lowest BCUT2D eigenvalue weighted by atomic mass is 9.96. The Morgan fingerprint density at radius 1 is 0.939 bits per heavy atom. The number of carbonyl (C=O) groups excluding carboxylic acids is 1. The number of carboxylic acid groups (broad SMARTS) is 1. The van der Waals surface area contributed by atoms with Gasteiger partial charge in [-0.15, -0.1) is 0 Å². The molecule has 0 aliphatic carbocycles. The molecule has 2 rings (SSSR count). The number of carbonyl (C=O) groups is 2. The van der Waals surface area contributed by atoms with Gasteiger partial charge in [-0.25, -0.2) is 9.59 Å². The molecule has 0 radical (unpaired) electrons. The lowest BCUT2D eigenvalue weighted by Gasteiger charge is -2.27. The molecular formula is C26H35NO6. The number of nitrogens with one attached hydrogen (secondary N) is 1. The van der Waals surface area contributed by atoms with E-state index in [1.54, 1.807) is 52.0 Å². The molecule has 0 bridgehead atoms. The maximum Gasteiger partial charge on any atom is 0.407 e. The van der Waals surface area contributed by atoms with Gasteiger partial charge in [0.1, 0.15) is 23.7 Å². The molecule has 180 valence electrons. The highest BCUT2D eigenvalue weighted by Gasteiger charge is 2.36. The first-order chi connectivity index (χ1) is 15.4. The number of aliphatic carboxylic acids is 1. The Morgan fingerprint density at radius 3 is 2.03 bits per heavy atom. The summed E-state index contributed by atoms with van der Waals surface area (Å²) >= 11 is 0. The second-order valence-electron chi connectivity index (χ2n) is 9.46. The van der Waals surface area contributed by atoms with Gasteiger partial charge in [0.05, 0.1) is 6.54 Å². The third-order valence-electron chi connectivity index (χ3n) is 4.85. The van der Waals surface area contributed by atoms with Crippen molar-refractivity contribution in [1.82, 2.24) is 5.32 Å². The number of benzene rings is 2. The molecule has 1 unspecified atom stereocenters. The van der Waals surface area contributed by atoms with E-state index in [0.29, 0.717) is 24.0 Å². The normalized spacial score (nSPS) is 13.2. The predicted molar refractivity (Wildman–Crippen MR) is 127 cm³/mol. The Hall–Kier alpha value is -3.22. The van der Waals surface area contributed by atoms with E-state index in [9.17, 15) is 14.7 Å². The summed E-state index contributed by atoms with van der Waals surface area (Å²) < 4.78 is 16.7. The van der Waals surface area contributed by atoms with Crippen molar-refractivity contribution in [3.63, 3.8) is 0 Å². The lowest BCUT2D eigenvalue weighted by Crippen LogP contribution is -2.43. The van der Waals surface area contributed by atoms with Gasteiger partial charge in [0.15, 0.2) is 0 Å². The molecule has 0 heterocycles. The minimum absolute atomic E-state index is 0.189. The van der Waals surface area contributed by atoms with Gasteiger partial charge in [0, 0.05) is 6.42 Å². The van der Waals surface area contributed by atoms with E-state index < -0.39 is 23.3 Å². The topological polar surface area (TPSA) is 94.1 Å². The minimum Gasteiger partial charge on any atom is -0.492 e. The Bertz CT molecular complexity index is 915. The molecule has 0 aliphatic rings. The molecule has 0 aliphatic heterocycles. The monoisotopic (exact) mass is 457 g/mol. The summed E-state index contributed by atoms with van der Waals surface area (Å²) in [5, 5.41) is 12.4. The molecule has 33 heavy (non-hydrogen) atoms. The number of carboxylic acids is 1.